The van der Waals surface area contributed by atoms with Gasteiger partial charge < -0.3 is 15.4 Å². The largest absolute Gasteiger partial charge is 0.489 e. The van der Waals surface area contributed by atoms with Crippen LogP contribution in [0.5, 0.6) is 5.75 Å². The second-order valence-electron chi connectivity index (χ2n) is 5.92. The smallest absolute Gasteiger partial charge is 0.239 e. The molecule has 0 aliphatic carbocycles. The minimum Gasteiger partial charge on any atom is -0.489 e. The van der Waals surface area contributed by atoms with Gasteiger partial charge in [-0.25, -0.2) is 0 Å². The van der Waals surface area contributed by atoms with Gasteiger partial charge in [0.15, 0.2) is 0 Å². The summed E-state index contributed by atoms with van der Waals surface area (Å²) in [5.74, 6) is 0.762. The van der Waals surface area contributed by atoms with Crippen molar-refractivity contribution in [3.63, 3.8) is 0 Å². The Morgan fingerprint density at radius 2 is 1.85 bits per heavy atom. The first-order valence-corrected chi connectivity index (χ1v) is 6.68. The van der Waals surface area contributed by atoms with E-state index in [-0.39, 0.29) is 18.0 Å². The summed E-state index contributed by atoms with van der Waals surface area (Å²) in [6.45, 7) is 12.3. The fourth-order valence-electron chi connectivity index (χ4n) is 1.52. The van der Waals surface area contributed by atoms with Gasteiger partial charge in [0.05, 0.1) is 6.54 Å². The summed E-state index contributed by atoms with van der Waals surface area (Å²) in [4.78, 5) is 11.7. The average Bonchev–Trinajstić information content (AvgIpc) is 2.33. The van der Waals surface area contributed by atoms with Crippen LogP contribution in [0.25, 0.3) is 0 Å². The van der Waals surface area contributed by atoms with Gasteiger partial charge in [0.1, 0.15) is 12.4 Å². The van der Waals surface area contributed by atoms with Crippen LogP contribution in [0, 0.1) is 0 Å². The lowest BCUT2D eigenvalue weighted by atomic mass is 10.1. The Hall–Kier alpha value is -1.97. The van der Waals surface area contributed by atoms with Crippen molar-refractivity contribution in [2.45, 2.75) is 33.2 Å². The lowest BCUT2D eigenvalue weighted by Gasteiger charge is -2.20. The average molecular weight is 276 g/mol. The van der Waals surface area contributed by atoms with Gasteiger partial charge in [-0.3, -0.25) is 4.79 Å². The standard InChI is InChI=1S/C16H24N2O2/c1-12(2)11-20-14-8-6-13(7-9-14)17-10-15(19)18-16(3,4)5/h6-9,17H,1,10-11H2,2-5H3,(H,18,19). The zero-order chi connectivity index (χ0) is 15.2. The summed E-state index contributed by atoms with van der Waals surface area (Å²) in [5.41, 5.74) is 1.65. The van der Waals surface area contributed by atoms with E-state index in [2.05, 4.69) is 17.2 Å². The highest BCUT2D eigenvalue weighted by Gasteiger charge is 2.12. The second kappa shape index (κ2) is 6.98. The number of ether oxygens (including phenoxy) is 1. The summed E-state index contributed by atoms with van der Waals surface area (Å²) < 4.78 is 5.51. The van der Waals surface area contributed by atoms with Crippen LogP contribution in [0.15, 0.2) is 36.4 Å². The molecule has 1 aromatic carbocycles. The number of hydrogen-bond donors (Lipinski definition) is 2. The third-order valence-corrected chi connectivity index (χ3v) is 2.31. The second-order valence-corrected chi connectivity index (χ2v) is 5.92. The van der Waals surface area contributed by atoms with Crippen molar-refractivity contribution in [1.29, 1.82) is 0 Å². The highest BCUT2D eigenvalue weighted by Crippen LogP contribution is 2.16. The summed E-state index contributed by atoms with van der Waals surface area (Å²) in [6, 6.07) is 7.51. The van der Waals surface area contributed by atoms with Gasteiger partial charge in [-0.2, -0.15) is 0 Å². The maximum atomic E-state index is 11.7. The van der Waals surface area contributed by atoms with Gasteiger partial charge in [0, 0.05) is 11.2 Å². The van der Waals surface area contributed by atoms with Gasteiger partial charge in [-0.05, 0) is 57.5 Å². The van der Waals surface area contributed by atoms with E-state index in [9.17, 15) is 4.79 Å². The van der Waals surface area contributed by atoms with Gasteiger partial charge in [-0.15, -0.1) is 0 Å². The molecule has 4 heteroatoms. The van der Waals surface area contributed by atoms with E-state index in [1.807, 2.05) is 52.0 Å². The van der Waals surface area contributed by atoms with E-state index in [4.69, 9.17) is 4.74 Å². The number of amides is 1. The highest BCUT2D eigenvalue weighted by atomic mass is 16.5. The van der Waals surface area contributed by atoms with E-state index < -0.39 is 0 Å². The van der Waals surface area contributed by atoms with Crippen LogP contribution in [0.2, 0.25) is 0 Å². The molecule has 0 radical (unpaired) electrons. The molecule has 4 nitrogen and oxygen atoms in total. The van der Waals surface area contributed by atoms with E-state index in [0.29, 0.717) is 6.61 Å². The SMILES string of the molecule is C=C(C)COc1ccc(NCC(=O)NC(C)(C)C)cc1. The van der Waals surface area contributed by atoms with Crippen LogP contribution in [0.1, 0.15) is 27.7 Å². The van der Waals surface area contributed by atoms with E-state index in [1.165, 1.54) is 0 Å². The molecule has 0 bridgehead atoms. The van der Waals surface area contributed by atoms with Crippen LogP contribution in [-0.2, 0) is 4.79 Å². The molecule has 0 aliphatic heterocycles. The quantitative estimate of drug-likeness (QED) is 0.785. The number of nitrogens with one attached hydrogen (secondary N) is 2. The molecule has 0 atom stereocenters. The first-order chi connectivity index (χ1) is 9.26. The van der Waals surface area contributed by atoms with Crippen molar-refractivity contribution in [2.24, 2.45) is 0 Å². The molecule has 2 N–H and O–H groups in total. The van der Waals surface area contributed by atoms with Gasteiger partial charge in [-0.1, -0.05) is 6.58 Å². The van der Waals surface area contributed by atoms with Crippen molar-refractivity contribution in [2.75, 3.05) is 18.5 Å². The van der Waals surface area contributed by atoms with E-state index in [1.54, 1.807) is 0 Å². The third-order valence-electron chi connectivity index (χ3n) is 2.31. The Morgan fingerprint density at radius 1 is 1.25 bits per heavy atom. The van der Waals surface area contributed by atoms with Gasteiger partial charge in [0.2, 0.25) is 5.91 Å². The molecular formula is C16H24N2O2. The van der Waals surface area contributed by atoms with Crippen molar-refractivity contribution in [3.05, 3.63) is 36.4 Å². The molecule has 1 amide bonds. The van der Waals surface area contributed by atoms with E-state index >= 15 is 0 Å². The molecule has 0 saturated heterocycles. The molecule has 0 saturated carbocycles. The van der Waals surface area contributed by atoms with Crippen LogP contribution in [-0.4, -0.2) is 24.6 Å². The first-order valence-electron chi connectivity index (χ1n) is 6.68. The topological polar surface area (TPSA) is 50.4 Å². The van der Waals surface area contributed by atoms with Gasteiger partial charge >= 0.3 is 0 Å². The van der Waals surface area contributed by atoms with Crippen molar-refractivity contribution < 1.29 is 9.53 Å². The Morgan fingerprint density at radius 3 is 2.35 bits per heavy atom. The molecule has 110 valence electrons. The Kier molecular flexibility index (Phi) is 5.62. The van der Waals surface area contributed by atoms with Crippen molar-refractivity contribution >= 4 is 11.6 Å². The summed E-state index contributed by atoms with van der Waals surface area (Å²) >= 11 is 0. The van der Waals surface area contributed by atoms with Crippen LogP contribution < -0.4 is 15.4 Å². The third kappa shape index (κ3) is 6.83. The van der Waals surface area contributed by atoms with Crippen LogP contribution in [0.4, 0.5) is 5.69 Å². The Balaban J connectivity index is 2.42. The van der Waals surface area contributed by atoms with Crippen molar-refractivity contribution in [3.8, 4) is 5.75 Å². The number of hydrogen-bond acceptors (Lipinski definition) is 3. The molecule has 0 aromatic heterocycles. The van der Waals surface area contributed by atoms with Gasteiger partial charge in [0.25, 0.3) is 0 Å². The lowest BCUT2D eigenvalue weighted by Crippen LogP contribution is -2.43. The zero-order valence-corrected chi connectivity index (χ0v) is 12.7. The summed E-state index contributed by atoms with van der Waals surface area (Å²) in [6.07, 6.45) is 0. The maximum absolute atomic E-state index is 11.7. The monoisotopic (exact) mass is 276 g/mol. The first kappa shape index (κ1) is 16.1. The minimum atomic E-state index is -0.209. The normalized spacial score (nSPS) is 10.8. The molecule has 1 aromatic rings. The molecule has 0 spiro atoms. The maximum Gasteiger partial charge on any atom is 0.239 e. The van der Waals surface area contributed by atoms with Crippen LogP contribution in [0.3, 0.4) is 0 Å². The lowest BCUT2D eigenvalue weighted by molar-refractivity contribution is -0.120. The molecule has 0 unspecified atom stereocenters. The molecular weight excluding hydrogens is 252 g/mol. The minimum absolute atomic E-state index is 0.0277. The number of benzene rings is 1. The number of carbonyl (C=O) groups is 1. The zero-order valence-electron chi connectivity index (χ0n) is 12.7. The fourth-order valence-corrected chi connectivity index (χ4v) is 1.52. The predicted molar refractivity (Wildman–Crippen MR) is 83.1 cm³/mol. The Bertz CT molecular complexity index is 458. The summed E-state index contributed by atoms with van der Waals surface area (Å²) in [7, 11) is 0. The van der Waals surface area contributed by atoms with Crippen molar-refractivity contribution in [1.82, 2.24) is 5.32 Å². The Labute approximate surface area is 121 Å². The number of carbonyl (C=O) groups excluding carboxylic acids is 1. The molecule has 0 heterocycles. The fraction of sp³-hybridized carbons (Fsp3) is 0.438. The molecule has 0 fully saturated rings. The molecule has 20 heavy (non-hydrogen) atoms. The number of rotatable bonds is 6. The highest BCUT2D eigenvalue weighted by molar-refractivity contribution is 5.81. The number of anilines is 1. The molecule has 0 aliphatic rings. The van der Waals surface area contributed by atoms with Crippen LogP contribution >= 0.6 is 0 Å². The van der Waals surface area contributed by atoms with E-state index in [0.717, 1.165) is 17.0 Å². The predicted octanol–water partition coefficient (Wildman–Crippen LogP) is 2.97. The molecule has 1 rings (SSSR count). The summed E-state index contributed by atoms with van der Waals surface area (Å²) in [5, 5.41) is 5.97.